The van der Waals surface area contributed by atoms with Gasteiger partial charge in [-0.25, -0.2) is 0 Å². The Bertz CT molecular complexity index is 501. The normalized spacial score (nSPS) is 13.5. The van der Waals surface area contributed by atoms with Crippen LogP contribution in [0.2, 0.25) is 0 Å². The molecule has 0 saturated heterocycles. The Labute approximate surface area is 192 Å². The predicted octanol–water partition coefficient (Wildman–Crippen LogP) is 5.80. The van der Waals surface area contributed by atoms with E-state index in [9.17, 15) is 9.59 Å². The van der Waals surface area contributed by atoms with Crippen LogP contribution in [0.3, 0.4) is 0 Å². The molecule has 1 atom stereocenters. The van der Waals surface area contributed by atoms with Crippen LogP contribution in [0.5, 0.6) is 0 Å². The first-order valence-electron chi connectivity index (χ1n) is 12.7. The largest absolute Gasteiger partial charge is 0.376 e. The molecule has 0 spiro atoms. The van der Waals surface area contributed by atoms with Gasteiger partial charge in [-0.05, 0) is 52.9 Å². The van der Waals surface area contributed by atoms with E-state index >= 15 is 0 Å². The molecule has 0 aromatic carbocycles. The molecule has 0 aliphatic carbocycles. The quantitative estimate of drug-likeness (QED) is 0.249. The minimum absolute atomic E-state index is 0.0777. The van der Waals surface area contributed by atoms with Crippen molar-refractivity contribution in [1.82, 2.24) is 10.6 Å². The fourth-order valence-electron chi connectivity index (χ4n) is 3.95. The standard InChI is InChI=1S/C26H52N2O3/c1-9-11-12-14-18-25(5,6)24(30)22(28-21(3)4)16-13-15-20-27-23(29)17-19-26(7,8)31-10-2/h21-22,28H,9-20H2,1-8H3,(H,27,29)/t22-/m0/s1. The second-order valence-electron chi connectivity index (χ2n) is 10.5. The summed E-state index contributed by atoms with van der Waals surface area (Å²) in [5.74, 6) is 0.411. The summed E-state index contributed by atoms with van der Waals surface area (Å²) in [6.45, 7) is 17.9. The summed E-state index contributed by atoms with van der Waals surface area (Å²) >= 11 is 0. The van der Waals surface area contributed by atoms with Crippen molar-refractivity contribution in [3.63, 3.8) is 0 Å². The number of hydrogen-bond acceptors (Lipinski definition) is 4. The number of ether oxygens (including phenoxy) is 1. The summed E-state index contributed by atoms with van der Waals surface area (Å²) in [6.07, 6.45) is 9.57. The molecule has 5 heteroatoms. The van der Waals surface area contributed by atoms with Crippen molar-refractivity contribution in [1.29, 1.82) is 0 Å². The van der Waals surface area contributed by atoms with Crippen molar-refractivity contribution >= 4 is 11.7 Å². The first-order chi connectivity index (χ1) is 14.4. The summed E-state index contributed by atoms with van der Waals surface area (Å²) in [5, 5.41) is 6.50. The first kappa shape index (κ1) is 30.1. The van der Waals surface area contributed by atoms with E-state index in [1.807, 2.05) is 20.8 Å². The summed E-state index contributed by atoms with van der Waals surface area (Å²) in [4.78, 5) is 25.3. The Morgan fingerprint density at radius 3 is 2.16 bits per heavy atom. The Morgan fingerprint density at radius 1 is 0.903 bits per heavy atom. The third-order valence-corrected chi connectivity index (χ3v) is 5.90. The summed E-state index contributed by atoms with van der Waals surface area (Å²) in [6, 6.07) is 0.169. The third kappa shape index (κ3) is 14.7. The fourth-order valence-corrected chi connectivity index (χ4v) is 3.95. The second kappa shape index (κ2) is 15.8. The van der Waals surface area contributed by atoms with Crippen LogP contribution in [-0.4, -0.2) is 42.5 Å². The second-order valence-corrected chi connectivity index (χ2v) is 10.5. The zero-order chi connectivity index (χ0) is 23.9. The predicted molar refractivity (Wildman–Crippen MR) is 131 cm³/mol. The zero-order valence-electron chi connectivity index (χ0n) is 21.9. The molecule has 184 valence electrons. The van der Waals surface area contributed by atoms with Gasteiger partial charge in [0.1, 0.15) is 0 Å². The van der Waals surface area contributed by atoms with Crippen molar-refractivity contribution < 1.29 is 14.3 Å². The van der Waals surface area contributed by atoms with Gasteiger partial charge in [-0.2, -0.15) is 0 Å². The SMILES string of the molecule is CCCCCCC(C)(C)C(=O)[C@H](CCCCNC(=O)CCC(C)(C)OCC)NC(C)C. The number of carbonyl (C=O) groups excluding carboxylic acids is 2. The van der Waals surface area contributed by atoms with Crippen molar-refractivity contribution in [2.45, 2.75) is 137 Å². The van der Waals surface area contributed by atoms with E-state index in [2.05, 4.69) is 45.3 Å². The Kier molecular flexibility index (Phi) is 15.3. The topological polar surface area (TPSA) is 67.4 Å². The molecule has 0 aliphatic rings. The molecule has 1 amide bonds. The zero-order valence-corrected chi connectivity index (χ0v) is 21.9. The molecule has 0 aromatic rings. The van der Waals surface area contributed by atoms with Crippen molar-refractivity contribution in [2.24, 2.45) is 5.41 Å². The molecule has 0 bridgehead atoms. The molecular weight excluding hydrogens is 388 g/mol. The monoisotopic (exact) mass is 440 g/mol. The number of rotatable bonds is 19. The molecule has 0 fully saturated rings. The Hall–Kier alpha value is -0.940. The van der Waals surface area contributed by atoms with Crippen LogP contribution in [0.1, 0.15) is 120 Å². The molecule has 5 nitrogen and oxygen atoms in total. The molecule has 31 heavy (non-hydrogen) atoms. The lowest BCUT2D eigenvalue weighted by Gasteiger charge is -2.30. The fraction of sp³-hybridized carbons (Fsp3) is 0.923. The highest BCUT2D eigenvalue weighted by Gasteiger charge is 2.33. The van der Waals surface area contributed by atoms with Gasteiger partial charge in [0, 0.05) is 31.0 Å². The lowest BCUT2D eigenvalue weighted by atomic mass is 9.78. The number of hydrogen-bond donors (Lipinski definition) is 2. The van der Waals surface area contributed by atoms with Crippen LogP contribution in [0.15, 0.2) is 0 Å². The number of Topliss-reactive ketones (excluding diaryl/α,β-unsaturated/α-hetero) is 1. The Balaban J connectivity index is 4.40. The lowest BCUT2D eigenvalue weighted by molar-refractivity contribution is -0.130. The van der Waals surface area contributed by atoms with Gasteiger partial charge in [0.15, 0.2) is 5.78 Å². The van der Waals surface area contributed by atoms with E-state index < -0.39 is 0 Å². The maximum absolute atomic E-state index is 13.2. The van der Waals surface area contributed by atoms with Crippen LogP contribution < -0.4 is 10.6 Å². The smallest absolute Gasteiger partial charge is 0.220 e. The van der Waals surface area contributed by atoms with E-state index in [-0.39, 0.29) is 29.0 Å². The lowest BCUT2D eigenvalue weighted by Crippen LogP contribution is -2.46. The average molecular weight is 441 g/mol. The van der Waals surface area contributed by atoms with E-state index in [0.717, 1.165) is 38.5 Å². The molecule has 0 rings (SSSR count). The summed E-state index contributed by atoms with van der Waals surface area (Å²) in [5.41, 5.74) is -0.548. The van der Waals surface area contributed by atoms with Crippen LogP contribution in [0.25, 0.3) is 0 Å². The minimum Gasteiger partial charge on any atom is -0.376 e. The van der Waals surface area contributed by atoms with E-state index in [4.69, 9.17) is 4.74 Å². The number of amides is 1. The van der Waals surface area contributed by atoms with Gasteiger partial charge < -0.3 is 15.4 Å². The molecule has 0 unspecified atom stereocenters. The van der Waals surface area contributed by atoms with Crippen LogP contribution >= 0.6 is 0 Å². The van der Waals surface area contributed by atoms with Crippen LogP contribution in [0, 0.1) is 5.41 Å². The first-order valence-corrected chi connectivity index (χ1v) is 12.7. The number of unbranched alkanes of at least 4 members (excludes halogenated alkanes) is 4. The summed E-state index contributed by atoms with van der Waals surface area (Å²) in [7, 11) is 0. The molecule has 0 aliphatic heterocycles. The van der Waals surface area contributed by atoms with Crippen molar-refractivity contribution in [2.75, 3.05) is 13.2 Å². The highest BCUT2D eigenvalue weighted by molar-refractivity contribution is 5.89. The van der Waals surface area contributed by atoms with Gasteiger partial charge in [0.2, 0.25) is 5.91 Å². The minimum atomic E-state index is -0.290. The highest BCUT2D eigenvalue weighted by Crippen LogP contribution is 2.28. The van der Waals surface area contributed by atoms with Gasteiger partial charge in [-0.1, -0.05) is 60.3 Å². The number of carbonyl (C=O) groups is 2. The maximum atomic E-state index is 13.2. The number of ketones is 1. The van der Waals surface area contributed by atoms with Gasteiger partial charge in [0.05, 0.1) is 11.6 Å². The maximum Gasteiger partial charge on any atom is 0.220 e. The Morgan fingerprint density at radius 2 is 1.58 bits per heavy atom. The number of nitrogens with one attached hydrogen (secondary N) is 2. The van der Waals surface area contributed by atoms with E-state index in [1.165, 1.54) is 19.3 Å². The molecule has 0 heterocycles. The van der Waals surface area contributed by atoms with Gasteiger partial charge in [-0.3, -0.25) is 9.59 Å². The van der Waals surface area contributed by atoms with Gasteiger partial charge >= 0.3 is 0 Å². The molecule has 0 radical (unpaired) electrons. The van der Waals surface area contributed by atoms with Crippen LogP contribution in [0.4, 0.5) is 0 Å². The van der Waals surface area contributed by atoms with Gasteiger partial charge in [-0.15, -0.1) is 0 Å². The van der Waals surface area contributed by atoms with Crippen molar-refractivity contribution in [3.8, 4) is 0 Å². The third-order valence-electron chi connectivity index (χ3n) is 5.90. The average Bonchev–Trinajstić information content (AvgIpc) is 2.67. The molecular formula is C26H52N2O3. The van der Waals surface area contributed by atoms with Crippen molar-refractivity contribution in [3.05, 3.63) is 0 Å². The molecule has 2 N–H and O–H groups in total. The summed E-state index contributed by atoms with van der Waals surface area (Å²) < 4.78 is 5.65. The molecule has 0 saturated carbocycles. The van der Waals surface area contributed by atoms with Crippen LogP contribution in [-0.2, 0) is 14.3 Å². The molecule has 0 aromatic heterocycles. The van der Waals surface area contributed by atoms with Gasteiger partial charge in [0.25, 0.3) is 0 Å². The highest BCUT2D eigenvalue weighted by atomic mass is 16.5. The van der Waals surface area contributed by atoms with E-state index in [1.54, 1.807) is 0 Å². The van der Waals surface area contributed by atoms with E-state index in [0.29, 0.717) is 25.4 Å².